The number of hydrogen-bond acceptors (Lipinski definition) is 6. The van der Waals surface area contributed by atoms with Gasteiger partial charge in [-0.2, -0.15) is 4.80 Å². The van der Waals surface area contributed by atoms with Crippen molar-refractivity contribution in [3.63, 3.8) is 0 Å². The predicted molar refractivity (Wildman–Crippen MR) is 68.3 cm³/mol. The molecule has 7 nitrogen and oxygen atoms in total. The molecule has 1 aliphatic rings. The lowest BCUT2D eigenvalue weighted by molar-refractivity contribution is -0.131. The average Bonchev–Trinajstić information content (AvgIpc) is 3.07. The van der Waals surface area contributed by atoms with E-state index < -0.39 is 6.10 Å². The van der Waals surface area contributed by atoms with Crippen LogP contribution in [0.15, 0.2) is 17.5 Å². The lowest BCUT2D eigenvalue weighted by Crippen LogP contribution is -2.33. The summed E-state index contributed by atoms with van der Waals surface area (Å²) in [5.41, 5.74) is 0. The summed E-state index contributed by atoms with van der Waals surface area (Å²) in [6.45, 7) is 1.04. The zero-order valence-electron chi connectivity index (χ0n) is 10.1. The molecule has 2 aromatic rings. The molecule has 19 heavy (non-hydrogen) atoms. The first-order valence-corrected chi connectivity index (χ1v) is 6.88. The van der Waals surface area contributed by atoms with E-state index in [-0.39, 0.29) is 12.5 Å². The normalized spacial score (nSPS) is 19.0. The number of aromatic nitrogens is 4. The maximum Gasteiger partial charge on any atom is 0.246 e. The molecule has 0 spiro atoms. The molecule has 3 heterocycles. The Kier molecular flexibility index (Phi) is 3.26. The molecular formula is C11H13N5O2S. The number of nitrogens with zero attached hydrogens (tertiary/aromatic N) is 5. The van der Waals surface area contributed by atoms with Crippen LogP contribution >= 0.6 is 11.3 Å². The summed E-state index contributed by atoms with van der Waals surface area (Å²) in [7, 11) is 0. The van der Waals surface area contributed by atoms with Crippen molar-refractivity contribution >= 4 is 17.2 Å². The number of aliphatic hydroxyl groups excluding tert-OH is 1. The molecule has 1 amide bonds. The van der Waals surface area contributed by atoms with E-state index in [9.17, 15) is 9.90 Å². The first kappa shape index (κ1) is 12.2. The van der Waals surface area contributed by atoms with Gasteiger partial charge in [-0.05, 0) is 23.1 Å². The molecule has 1 saturated heterocycles. The van der Waals surface area contributed by atoms with Crippen molar-refractivity contribution in [1.29, 1.82) is 0 Å². The maximum atomic E-state index is 11.9. The fourth-order valence-corrected chi connectivity index (χ4v) is 2.65. The van der Waals surface area contributed by atoms with Crippen LogP contribution in [-0.4, -0.2) is 55.3 Å². The van der Waals surface area contributed by atoms with E-state index in [4.69, 9.17) is 0 Å². The number of carbonyl (C=O) groups excluding carboxylic acids is 1. The van der Waals surface area contributed by atoms with Gasteiger partial charge in [0.2, 0.25) is 11.7 Å². The summed E-state index contributed by atoms with van der Waals surface area (Å²) in [6, 6.07) is 3.82. The number of rotatable bonds is 3. The van der Waals surface area contributed by atoms with Crippen molar-refractivity contribution < 1.29 is 9.90 Å². The van der Waals surface area contributed by atoms with E-state index in [1.807, 2.05) is 17.5 Å². The maximum absolute atomic E-state index is 11.9. The van der Waals surface area contributed by atoms with Gasteiger partial charge in [-0.3, -0.25) is 4.79 Å². The van der Waals surface area contributed by atoms with E-state index in [1.54, 1.807) is 4.90 Å². The number of thiophene rings is 1. The standard InChI is InChI=1S/C11H13N5O2S/c17-8-3-4-15(6-8)10(18)7-16-13-11(12-14-16)9-2-1-5-19-9/h1-2,5,8,17H,3-4,6-7H2/t8-/m0/s1. The van der Waals surface area contributed by atoms with Crippen molar-refractivity contribution in [1.82, 2.24) is 25.1 Å². The second-order valence-corrected chi connectivity index (χ2v) is 5.35. The van der Waals surface area contributed by atoms with Crippen LogP contribution in [0, 0.1) is 0 Å². The third-order valence-corrected chi connectivity index (χ3v) is 3.85. The number of likely N-dealkylation sites (tertiary alicyclic amines) is 1. The zero-order valence-corrected chi connectivity index (χ0v) is 11.0. The summed E-state index contributed by atoms with van der Waals surface area (Å²) in [5, 5.41) is 23.3. The molecule has 0 bridgehead atoms. The van der Waals surface area contributed by atoms with Crippen molar-refractivity contribution in [2.45, 2.75) is 19.1 Å². The summed E-state index contributed by atoms with van der Waals surface area (Å²) in [6.07, 6.45) is 0.228. The van der Waals surface area contributed by atoms with Gasteiger partial charge in [0.05, 0.1) is 11.0 Å². The quantitative estimate of drug-likeness (QED) is 0.854. The van der Waals surface area contributed by atoms with Crippen LogP contribution in [-0.2, 0) is 11.3 Å². The Balaban J connectivity index is 1.66. The van der Waals surface area contributed by atoms with Gasteiger partial charge in [-0.25, -0.2) is 0 Å². The first-order chi connectivity index (χ1) is 9.22. The number of aliphatic hydroxyl groups is 1. The second kappa shape index (κ2) is 5.06. The van der Waals surface area contributed by atoms with E-state index >= 15 is 0 Å². The van der Waals surface area contributed by atoms with Crippen molar-refractivity contribution in [3.05, 3.63) is 17.5 Å². The Hall–Kier alpha value is -1.80. The second-order valence-electron chi connectivity index (χ2n) is 4.40. The summed E-state index contributed by atoms with van der Waals surface area (Å²) < 4.78 is 0. The Labute approximate surface area is 113 Å². The number of tetrazole rings is 1. The molecule has 0 aliphatic carbocycles. The van der Waals surface area contributed by atoms with Crippen molar-refractivity contribution in [2.75, 3.05) is 13.1 Å². The Morgan fingerprint density at radius 1 is 1.58 bits per heavy atom. The molecule has 1 fully saturated rings. The minimum Gasteiger partial charge on any atom is -0.391 e. The Morgan fingerprint density at radius 3 is 3.16 bits per heavy atom. The van der Waals surface area contributed by atoms with Gasteiger partial charge in [0, 0.05) is 13.1 Å². The van der Waals surface area contributed by atoms with Crippen LogP contribution in [0.25, 0.3) is 10.7 Å². The van der Waals surface area contributed by atoms with Crippen LogP contribution in [0.5, 0.6) is 0 Å². The van der Waals surface area contributed by atoms with Crippen LogP contribution in [0.3, 0.4) is 0 Å². The van der Waals surface area contributed by atoms with Crippen LogP contribution < -0.4 is 0 Å². The van der Waals surface area contributed by atoms with Gasteiger partial charge in [-0.15, -0.1) is 21.5 Å². The van der Waals surface area contributed by atoms with E-state index in [0.717, 1.165) is 4.88 Å². The molecule has 0 saturated carbocycles. The minimum absolute atomic E-state index is 0.0606. The van der Waals surface area contributed by atoms with Gasteiger partial charge < -0.3 is 10.0 Å². The van der Waals surface area contributed by atoms with Crippen LogP contribution in [0.2, 0.25) is 0 Å². The molecule has 0 radical (unpaired) electrons. The fraction of sp³-hybridized carbons (Fsp3) is 0.455. The highest BCUT2D eigenvalue weighted by Crippen LogP contribution is 2.19. The zero-order chi connectivity index (χ0) is 13.2. The third kappa shape index (κ3) is 2.64. The highest BCUT2D eigenvalue weighted by Gasteiger charge is 2.25. The summed E-state index contributed by atoms with van der Waals surface area (Å²) in [5.74, 6) is 0.441. The SMILES string of the molecule is O=C(Cn1nnc(-c2cccs2)n1)N1CC[C@H](O)C1. The first-order valence-electron chi connectivity index (χ1n) is 6.00. The smallest absolute Gasteiger partial charge is 0.246 e. The largest absolute Gasteiger partial charge is 0.391 e. The molecule has 100 valence electrons. The molecule has 1 aliphatic heterocycles. The lowest BCUT2D eigenvalue weighted by atomic mass is 10.3. The van der Waals surface area contributed by atoms with Crippen LogP contribution in [0.1, 0.15) is 6.42 Å². The van der Waals surface area contributed by atoms with Crippen molar-refractivity contribution in [3.8, 4) is 10.7 Å². The van der Waals surface area contributed by atoms with E-state index in [2.05, 4.69) is 15.4 Å². The molecule has 1 atom stereocenters. The molecule has 3 rings (SSSR count). The van der Waals surface area contributed by atoms with Gasteiger partial charge in [0.15, 0.2) is 0 Å². The van der Waals surface area contributed by atoms with Gasteiger partial charge in [-0.1, -0.05) is 6.07 Å². The highest BCUT2D eigenvalue weighted by atomic mass is 32.1. The molecule has 2 aromatic heterocycles. The van der Waals surface area contributed by atoms with Gasteiger partial charge in [0.25, 0.3) is 0 Å². The van der Waals surface area contributed by atoms with Crippen LogP contribution in [0.4, 0.5) is 0 Å². The van der Waals surface area contributed by atoms with Gasteiger partial charge >= 0.3 is 0 Å². The number of amides is 1. The van der Waals surface area contributed by atoms with Gasteiger partial charge in [0.1, 0.15) is 6.54 Å². The predicted octanol–water partition coefficient (Wildman–Crippen LogP) is -0.00520. The number of hydrogen-bond donors (Lipinski definition) is 1. The monoisotopic (exact) mass is 279 g/mol. The van der Waals surface area contributed by atoms with Crippen molar-refractivity contribution in [2.24, 2.45) is 0 Å². The van der Waals surface area contributed by atoms with E-state index in [1.165, 1.54) is 16.1 Å². The average molecular weight is 279 g/mol. The highest BCUT2D eigenvalue weighted by molar-refractivity contribution is 7.13. The molecular weight excluding hydrogens is 266 g/mol. The minimum atomic E-state index is -0.408. The molecule has 8 heteroatoms. The fourth-order valence-electron chi connectivity index (χ4n) is 2.00. The summed E-state index contributed by atoms with van der Waals surface area (Å²) >= 11 is 1.53. The Bertz CT molecular complexity index is 567. The molecule has 1 N–H and O–H groups in total. The topological polar surface area (TPSA) is 84.1 Å². The summed E-state index contributed by atoms with van der Waals surface area (Å²) in [4.78, 5) is 15.8. The molecule has 0 unspecified atom stereocenters. The Morgan fingerprint density at radius 2 is 2.47 bits per heavy atom. The third-order valence-electron chi connectivity index (χ3n) is 2.99. The number of β-amino-alcohol motifs (C(OH)–C–C–N with tert-alkyl or cyclic N) is 1. The lowest BCUT2D eigenvalue weighted by Gasteiger charge is -2.14. The molecule has 0 aromatic carbocycles. The number of carbonyl (C=O) groups is 1. The van der Waals surface area contributed by atoms with E-state index in [0.29, 0.717) is 25.3 Å².